The molecule has 1 atom stereocenters. The fraction of sp³-hybridized carbons (Fsp3) is 0.615. The lowest BCUT2D eigenvalue weighted by Gasteiger charge is -2.32. The minimum Gasteiger partial charge on any atom is -0.463 e. The van der Waals surface area contributed by atoms with Gasteiger partial charge in [0.2, 0.25) is 5.60 Å². The van der Waals surface area contributed by atoms with Gasteiger partial charge in [-0.2, -0.15) is 13.2 Å². The van der Waals surface area contributed by atoms with Crippen LogP contribution in [0.15, 0.2) is 16.5 Å². The monoisotopic (exact) mass is 306 g/mol. The fourth-order valence-electron chi connectivity index (χ4n) is 2.04. The predicted molar refractivity (Wildman–Crippen MR) is 67.6 cm³/mol. The van der Waals surface area contributed by atoms with Gasteiger partial charge in [-0.25, -0.2) is 4.79 Å². The standard InChI is InChI=1S/C13H17F3N2O3/c1-9-3-4-10(21-9)12(20,13(14,15)16)5-6-17-11(19)18-7-2-8-18/h3-4,20H,2,5-8H2,1H3,(H,17,19)/t12-/m1/s1. The average Bonchev–Trinajstić information content (AvgIpc) is 2.72. The van der Waals surface area contributed by atoms with Gasteiger partial charge in [0.1, 0.15) is 11.5 Å². The van der Waals surface area contributed by atoms with Crippen LogP contribution in [0.2, 0.25) is 0 Å². The first-order valence-electron chi connectivity index (χ1n) is 6.63. The summed E-state index contributed by atoms with van der Waals surface area (Å²) in [4.78, 5) is 13.0. The van der Waals surface area contributed by atoms with Crippen LogP contribution < -0.4 is 5.32 Å². The van der Waals surface area contributed by atoms with E-state index < -0.39 is 30.0 Å². The van der Waals surface area contributed by atoms with E-state index in [1.807, 2.05) is 0 Å². The highest BCUT2D eigenvalue weighted by Gasteiger charge is 2.56. The number of carbonyl (C=O) groups excluding carboxylic acids is 1. The molecule has 1 aliphatic rings. The summed E-state index contributed by atoms with van der Waals surface area (Å²) in [5.41, 5.74) is -3.11. The van der Waals surface area contributed by atoms with Gasteiger partial charge in [0.25, 0.3) is 0 Å². The number of furan rings is 1. The van der Waals surface area contributed by atoms with Crippen molar-refractivity contribution in [3.63, 3.8) is 0 Å². The number of amides is 2. The number of halogens is 3. The molecule has 1 aliphatic heterocycles. The van der Waals surface area contributed by atoms with E-state index in [0.29, 0.717) is 13.1 Å². The zero-order chi connectivity index (χ0) is 15.7. The maximum Gasteiger partial charge on any atom is 0.424 e. The summed E-state index contributed by atoms with van der Waals surface area (Å²) < 4.78 is 44.3. The minimum atomic E-state index is -4.89. The van der Waals surface area contributed by atoms with Crippen molar-refractivity contribution in [1.29, 1.82) is 0 Å². The number of hydrogen-bond acceptors (Lipinski definition) is 3. The molecule has 1 aromatic rings. The Balaban J connectivity index is 2.01. The molecular formula is C13H17F3N2O3. The Hall–Kier alpha value is -1.70. The van der Waals surface area contributed by atoms with Gasteiger partial charge in [-0.05, 0) is 25.5 Å². The van der Waals surface area contributed by atoms with Crippen molar-refractivity contribution in [2.75, 3.05) is 19.6 Å². The van der Waals surface area contributed by atoms with Gasteiger partial charge in [-0.3, -0.25) is 0 Å². The van der Waals surface area contributed by atoms with Crippen molar-refractivity contribution in [3.8, 4) is 0 Å². The zero-order valence-corrected chi connectivity index (χ0v) is 11.5. The van der Waals surface area contributed by atoms with Gasteiger partial charge in [0, 0.05) is 26.1 Å². The zero-order valence-electron chi connectivity index (χ0n) is 11.5. The molecule has 1 fully saturated rings. The molecule has 1 aromatic heterocycles. The molecule has 2 N–H and O–H groups in total. The maximum atomic E-state index is 13.1. The largest absolute Gasteiger partial charge is 0.463 e. The van der Waals surface area contributed by atoms with E-state index in [0.717, 1.165) is 12.5 Å². The lowest BCUT2D eigenvalue weighted by molar-refractivity contribution is -0.274. The number of rotatable bonds is 4. The molecule has 0 aliphatic carbocycles. The molecule has 0 saturated carbocycles. The van der Waals surface area contributed by atoms with Gasteiger partial charge in [0.15, 0.2) is 0 Å². The van der Waals surface area contributed by atoms with Crippen molar-refractivity contribution >= 4 is 6.03 Å². The van der Waals surface area contributed by atoms with Gasteiger partial charge in [-0.15, -0.1) is 0 Å². The van der Waals surface area contributed by atoms with Crippen LogP contribution in [-0.4, -0.2) is 41.8 Å². The van der Waals surface area contributed by atoms with Gasteiger partial charge >= 0.3 is 12.2 Å². The first-order valence-corrected chi connectivity index (χ1v) is 6.63. The highest BCUT2D eigenvalue weighted by Crippen LogP contribution is 2.42. The third-order valence-corrected chi connectivity index (χ3v) is 3.52. The summed E-state index contributed by atoms with van der Waals surface area (Å²) in [6, 6.07) is 2.03. The number of urea groups is 1. The van der Waals surface area contributed by atoms with Crippen molar-refractivity contribution in [2.24, 2.45) is 0 Å². The molecule has 8 heteroatoms. The van der Waals surface area contributed by atoms with E-state index in [4.69, 9.17) is 4.42 Å². The normalized spacial score (nSPS) is 18.0. The second kappa shape index (κ2) is 5.59. The van der Waals surface area contributed by atoms with Crippen LogP contribution in [0.5, 0.6) is 0 Å². The Bertz CT molecular complexity index is 511. The minimum absolute atomic E-state index is 0.275. The number of aliphatic hydroxyl groups is 1. The Morgan fingerprint density at radius 2 is 2.10 bits per heavy atom. The second-order valence-electron chi connectivity index (χ2n) is 5.09. The fourth-order valence-corrected chi connectivity index (χ4v) is 2.04. The van der Waals surface area contributed by atoms with Crippen LogP contribution >= 0.6 is 0 Å². The summed E-state index contributed by atoms with van der Waals surface area (Å²) in [5.74, 6) is -0.289. The number of alkyl halides is 3. The quantitative estimate of drug-likeness (QED) is 0.895. The van der Waals surface area contributed by atoms with E-state index in [9.17, 15) is 23.1 Å². The molecule has 2 heterocycles. The molecule has 2 rings (SSSR count). The molecule has 21 heavy (non-hydrogen) atoms. The molecule has 2 amide bonds. The van der Waals surface area contributed by atoms with Crippen LogP contribution in [-0.2, 0) is 5.60 Å². The van der Waals surface area contributed by atoms with Crippen LogP contribution in [0.1, 0.15) is 24.4 Å². The first-order chi connectivity index (χ1) is 9.74. The molecule has 5 nitrogen and oxygen atoms in total. The first kappa shape index (κ1) is 15.7. The van der Waals surface area contributed by atoms with Crippen LogP contribution in [0.4, 0.5) is 18.0 Å². The van der Waals surface area contributed by atoms with Crippen molar-refractivity contribution < 1.29 is 27.5 Å². The van der Waals surface area contributed by atoms with E-state index >= 15 is 0 Å². The van der Waals surface area contributed by atoms with E-state index in [1.54, 1.807) is 0 Å². The molecule has 0 aromatic carbocycles. The number of likely N-dealkylation sites (tertiary alicyclic amines) is 1. The van der Waals surface area contributed by atoms with Crippen LogP contribution in [0.3, 0.4) is 0 Å². The van der Waals surface area contributed by atoms with Crippen LogP contribution in [0, 0.1) is 6.92 Å². The lowest BCUT2D eigenvalue weighted by atomic mass is 9.96. The Morgan fingerprint density at radius 1 is 1.43 bits per heavy atom. The third kappa shape index (κ3) is 3.15. The van der Waals surface area contributed by atoms with Gasteiger partial charge in [0.05, 0.1) is 0 Å². The molecule has 0 bridgehead atoms. The highest BCUT2D eigenvalue weighted by molar-refractivity contribution is 5.74. The Labute approximate surface area is 119 Å². The van der Waals surface area contributed by atoms with Crippen molar-refractivity contribution in [1.82, 2.24) is 10.2 Å². The Morgan fingerprint density at radius 3 is 2.52 bits per heavy atom. The molecule has 0 spiro atoms. The topological polar surface area (TPSA) is 65.7 Å². The summed E-state index contributed by atoms with van der Waals surface area (Å²) in [6.45, 7) is 2.40. The number of aryl methyl sites for hydroxylation is 1. The summed E-state index contributed by atoms with van der Waals surface area (Å²) >= 11 is 0. The maximum absolute atomic E-state index is 13.1. The van der Waals surface area contributed by atoms with Gasteiger partial charge < -0.3 is 19.7 Å². The number of carbonyl (C=O) groups is 1. The van der Waals surface area contributed by atoms with Crippen molar-refractivity contribution in [3.05, 3.63) is 23.7 Å². The SMILES string of the molecule is Cc1ccc([C@](O)(CCNC(=O)N2CCC2)C(F)(F)F)o1. The summed E-state index contributed by atoms with van der Waals surface area (Å²) in [7, 11) is 0. The molecule has 0 unspecified atom stereocenters. The van der Waals surface area contributed by atoms with E-state index in [2.05, 4.69) is 5.32 Å². The number of nitrogens with one attached hydrogen (secondary N) is 1. The van der Waals surface area contributed by atoms with E-state index in [1.165, 1.54) is 17.9 Å². The number of nitrogens with zero attached hydrogens (tertiary/aromatic N) is 1. The van der Waals surface area contributed by atoms with Gasteiger partial charge in [-0.1, -0.05) is 0 Å². The lowest BCUT2D eigenvalue weighted by Crippen LogP contribution is -2.50. The van der Waals surface area contributed by atoms with Crippen molar-refractivity contribution in [2.45, 2.75) is 31.5 Å². The predicted octanol–water partition coefficient (Wildman–Crippen LogP) is 2.14. The molecule has 1 saturated heterocycles. The Kier molecular flexibility index (Phi) is 4.18. The van der Waals surface area contributed by atoms with Crippen LogP contribution in [0.25, 0.3) is 0 Å². The molecule has 0 radical (unpaired) electrons. The summed E-state index contributed by atoms with van der Waals surface area (Å²) in [5, 5.41) is 12.3. The molecule has 118 valence electrons. The molecular weight excluding hydrogens is 289 g/mol. The second-order valence-corrected chi connectivity index (χ2v) is 5.09. The highest BCUT2D eigenvalue weighted by atomic mass is 19.4. The summed E-state index contributed by atoms with van der Waals surface area (Å²) in [6.07, 6.45) is -4.70. The van der Waals surface area contributed by atoms with E-state index in [-0.39, 0.29) is 12.3 Å². The number of hydrogen-bond donors (Lipinski definition) is 2. The average molecular weight is 306 g/mol. The smallest absolute Gasteiger partial charge is 0.424 e. The third-order valence-electron chi connectivity index (χ3n) is 3.52.